The highest BCUT2D eigenvalue weighted by Gasteiger charge is 2.41. The van der Waals surface area contributed by atoms with Crippen molar-refractivity contribution in [2.75, 3.05) is 37.4 Å². The van der Waals surface area contributed by atoms with Gasteiger partial charge in [0, 0.05) is 31.6 Å². The third-order valence-corrected chi connectivity index (χ3v) is 6.92. The molecule has 172 valence electrons. The van der Waals surface area contributed by atoms with Gasteiger partial charge in [0.2, 0.25) is 21.9 Å². The third kappa shape index (κ3) is 5.89. The van der Waals surface area contributed by atoms with Gasteiger partial charge in [-0.25, -0.2) is 27.5 Å². The van der Waals surface area contributed by atoms with Crippen LogP contribution in [-0.2, 0) is 19.6 Å². The summed E-state index contributed by atoms with van der Waals surface area (Å²) in [6.07, 6.45) is 8.29. The molecule has 1 aromatic heterocycles. The lowest BCUT2D eigenvalue weighted by molar-refractivity contribution is -0.139. The molecule has 31 heavy (non-hydrogen) atoms. The number of hydrogen-bond acceptors (Lipinski definition) is 7. The fourth-order valence-corrected chi connectivity index (χ4v) is 5.26. The predicted molar refractivity (Wildman–Crippen MR) is 112 cm³/mol. The molecule has 1 amide bonds. The molecule has 1 aromatic rings. The predicted octanol–water partition coefficient (Wildman–Crippen LogP) is 0.920. The summed E-state index contributed by atoms with van der Waals surface area (Å²) >= 11 is 0. The molecule has 0 aromatic carbocycles. The van der Waals surface area contributed by atoms with Crippen LogP contribution in [-0.4, -0.2) is 79.9 Å². The number of sulfonamides is 1. The minimum absolute atomic E-state index is 0.00962. The Morgan fingerprint density at radius 2 is 1.84 bits per heavy atom. The van der Waals surface area contributed by atoms with Crippen LogP contribution in [0.5, 0.6) is 0 Å². The molecule has 1 aliphatic carbocycles. The molecule has 0 unspecified atom stereocenters. The van der Waals surface area contributed by atoms with Crippen LogP contribution in [0.25, 0.3) is 0 Å². The summed E-state index contributed by atoms with van der Waals surface area (Å²) in [6.45, 7) is 2.34. The van der Waals surface area contributed by atoms with Gasteiger partial charge >= 0.3 is 0 Å². The van der Waals surface area contributed by atoms with Crippen molar-refractivity contribution < 1.29 is 22.3 Å². The highest BCUT2D eigenvalue weighted by atomic mass is 32.2. The van der Waals surface area contributed by atoms with Gasteiger partial charge in [-0.1, -0.05) is 0 Å². The quantitative estimate of drug-likeness (QED) is 0.652. The Morgan fingerprint density at radius 1 is 1.16 bits per heavy atom. The van der Waals surface area contributed by atoms with Crippen LogP contribution in [0.3, 0.4) is 0 Å². The number of nitrogens with one attached hydrogen (secondary N) is 1. The minimum Gasteiger partial charge on any atom is -0.376 e. The lowest BCUT2D eigenvalue weighted by Gasteiger charge is -2.42. The van der Waals surface area contributed by atoms with Gasteiger partial charge in [0.25, 0.3) is 0 Å². The Hall–Kier alpha value is -1.85. The molecule has 0 radical (unpaired) electrons. The molecule has 3 heterocycles. The van der Waals surface area contributed by atoms with Crippen molar-refractivity contribution >= 4 is 21.9 Å². The molecule has 3 fully saturated rings. The first-order chi connectivity index (χ1) is 14.8. The van der Waals surface area contributed by atoms with Crippen molar-refractivity contribution in [2.45, 2.75) is 56.7 Å². The molecule has 0 spiro atoms. The fraction of sp³-hybridized carbons (Fsp3) is 0.750. The lowest BCUT2D eigenvalue weighted by atomic mass is 9.96. The van der Waals surface area contributed by atoms with Crippen molar-refractivity contribution in [2.24, 2.45) is 5.92 Å². The summed E-state index contributed by atoms with van der Waals surface area (Å²) in [6, 6.07) is -0.630. The van der Waals surface area contributed by atoms with Crippen LogP contribution in [0.15, 0.2) is 12.4 Å². The van der Waals surface area contributed by atoms with Gasteiger partial charge < -0.3 is 14.5 Å². The molecule has 3 aliphatic rings. The summed E-state index contributed by atoms with van der Waals surface area (Å²) in [7, 11) is -3.39. The molecule has 2 aliphatic heterocycles. The number of carbonyl (C=O) groups is 1. The van der Waals surface area contributed by atoms with Crippen molar-refractivity contribution in [1.29, 1.82) is 0 Å². The Kier molecular flexibility index (Phi) is 6.73. The van der Waals surface area contributed by atoms with Gasteiger partial charge in [-0.15, -0.1) is 0 Å². The maximum Gasteiger partial charge on any atom is 0.226 e. The van der Waals surface area contributed by atoms with Crippen LogP contribution in [0.2, 0.25) is 0 Å². The number of carbonyl (C=O) groups excluding carboxylic acids is 1. The van der Waals surface area contributed by atoms with Gasteiger partial charge in [0.1, 0.15) is 0 Å². The van der Waals surface area contributed by atoms with Crippen LogP contribution in [0, 0.1) is 11.7 Å². The molecule has 4 rings (SSSR count). The molecule has 2 saturated heterocycles. The molecule has 0 bridgehead atoms. The van der Waals surface area contributed by atoms with Crippen molar-refractivity contribution in [3.8, 4) is 0 Å². The first kappa shape index (κ1) is 22.3. The van der Waals surface area contributed by atoms with Gasteiger partial charge in [-0.3, -0.25) is 4.79 Å². The highest BCUT2D eigenvalue weighted by molar-refractivity contribution is 7.88. The number of rotatable bonds is 7. The summed E-state index contributed by atoms with van der Waals surface area (Å²) in [4.78, 5) is 24.7. The number of hydrogen-bond donors (Lipinski definition) is 1. The number of aromatic nitrogens is 2. The van der Waals surface area contributed by atoms with E-state index in [4.69, 9.17) is 4.74 Å². The normalized spacial score (nSPS) is 25.6. The molecule has 1 saturated carbocycles. The van der Waals surface area contributed by atoms with E-state index in [1.807, 2.05) is 9.80 Å². The van der Waals surface area contributed by atoms with E-state index in [9.17, 15) is 17.6 Å². The number of nitrogens with zero attached hydrogens (tertiary/aromatic N) is 4. The Bertz CT molecular complexity index is 872. The van der Waals surface area contributed by atoms with Crippen LogP contribution < -0.4 is 9.62 Å². The second-order valence-corrected chi connectivity index (χ2v) is 10.5. The maximum absolute atomic E-state index is 13.0. The number of anilines is 1. The average Bonchev–Trinajstić information content (AvgIpc) is 3.57. The first-order valence-electron chi connectivity index (χ1n) is 10.9. The Balaban J connectivity index is 1.35. The molecule has 9 nitrogen and oxygen atoms in total. The van der Waals surface area contributed by atoms with Crippen LogP contribution in [0.4, 0.5) is 10.3 Å². The van der Waals surface area contributed by atoms with Crippen LogP contribution >= 0.6 is 0 Å². The maximum atomic E-state index is 13.0. The first-order valence-corrected chi connectivity index (χ1v) is 12.8. The smallest absolute Gasteiger partial charge is 0.226 e. The van der Waals surface area contributed by atoms with Crippen LogP contribution in [0.1, 0.15) is 38.5 Å². The van der Waals surface area contributed by atoms with Gasteiger partial charge in [0.15, 0.2) is 5.82 Å². The average molecular weight is 456 g/mol. The van der Waals surface area contributed by atoms with Gasteiger partial charge in [0.05, 0.1) is 37.4 Å². The highest BCUT2D eigenvalue weighted by Crippen LogP contribution is 2.33. The SMILES string of the molecule is CS(=O)(=O)N[C@H]1CCCN(C(=O)C2CC2)[C@H]1COC1CCN(c2ncc(F)cn2)CC1. The zero-order valence-electron chi connectivity index (χ0n) is 17.7. The Morgan fingerprint density at radius 3 is 2.45 bits per heavy atom. The number of likely N-dealkylation sites (tertiary alicyclic amines) is 1. The minimum atomic E-state index is -3.39. The van der Waals surface area contributed by atoms with Crippen molar-refractivity contribution in [1.82, 2.24) is 19.6 Å². The standard InChI is InChI=1S/C20H30FN5O4S/c1-31(28,29)24-17-3-2-8-26(19(27)14-4-5-14)18(17)13-30-16-6-9-25(10-7-16)20-22-11-15(21)12-23-20/h11-12,14,16-18,24H,2-10,13H2,1H3/t17-,18-/m0/s1. The monoisotopic (exact) mass is 455 g/mol. The fourth-order valence-electron chi connectivity index (χ4n) is 4.44. The zero-order chi connectivity index (χ0) is 22.0. The molecule has 11 heteroatoms. The van der Waals surface area contributed by atoms with E-state index in [1.54, 1.807) is 0 Å². The lowest BCUT2D eigenvalue weighted by Crippen LogP contribution is -2.59. The van der Waals surface area contributed by atoms with Gasteiger partial charge in [-0.05, 0) is 38.5 Å². The zero-order valence-corrected chi connectivity index (χ0v) is 18.6. The number of ether oxygens (including phenoxy) is 1. The van der Waals surface area contributed by atoms with E-state index in [0.717, 1.165) is 50.8 Å². The van der Waals surface area contributed by atoms with E-state index >= 15 is 0 Å². The summed E-state index contributed by atoms with van der Waals surface area (Å²) in [5, 5.41) is 0. The van der Waals surface area contributed by atoms with E-state index in [1.165, 1.54) is 0 Å². The largest absolute Gasteiger partial charge is 0.376 e. The van der Waals surface area contributed by atoms with E-state index < -0.39 is 15.8 Å². The topological polar surface area (TPSA) is 105 Å². The second kappa shape index (κ2) is 9.33. The number of amides is 1. The molecule has 2 atom stereocenters. The summed E-state index contributed by atoms with van der Waals surface area (Å²) in [5.74, 6) is 0.248. The van der Waals surface area contributed by atoms with E-state index in [-0.39, 0.29) is 30.0 Å². The number of halogens is 1. The third-order valence-electron chi connectivity index (χ3n) is 6.19. The molecule has 1 N–H and O–H groups in total. The molecular weight excluding hydrogens is 425 g/mol. The van der Waals surface area contributed by atoms with Gasteiger partial charge in [-0.2, -0.15) is 0 Å². The summed E-state index contributed by atoms with van der Waals surface area (Å²) in [5.41, 5.74) is 0. The van der Waals surface area contributed by atoms with E-state index in [2.05, 4.69) is 14.7 Å². The Labute approximate surface area is 182 Å². The number of piperidine rings is 2. The van der Waals surface area contributed by atoms with E-state index in [0.29, 0.717) is 38.6 Å². The van der Waals surface area contributed by atoms with Crippen molar-refractivity contribution in [3.63, 3.8) is 0 Å². The molecular formula is C20H30FN5O4S. The second-order valence-electron chi connectivity index (χ2n) is 8.73. The van der Waals surface area contributed by atoms with Crippen molar-refractivity contribution in [3.05, 3.63) is 18.2 Å². The summed E-state index contributed by atoms with van der Waals surface area (Å²) < 4.78 is 45.7.